The molecule has 0 aromatic rings. The molecule has 0 aliphatic heterocycles. The Kier molecular flexibility index (Phi) is 23.0. The van der Waals surface area contributed by atoms with Crippen molar-refractivity contribution in [3.05, 3.63) is 0 Å². The maximum atomic E-state index is 14.4. The van der Waals surface area contributed by atoms with Crippen LogP contribution in [0.5, 0.6) is 0 Å². The van der Waals surface area contributed by atoms with E-state index >= 15 is 0 Å². The second kappa shape index (κ2) is 23.5. The Hall–Kier alpha value is -1.39. The van der Waals surface area contributed by atoms with Crippen molar-refractivity contribution >= 4 is 17.3 Å². The molecule has 0 aromatic heterocycles. The molecule has 0 saturated carbocycles. The summed E-state index contributed by atoms with van der Waals surface area (Å²) >= 11 is 0. The average Bonchev–Trinajstić information content (AvgIpc) is 3.03. The van der Waals surface area contributed by atoms with Crippen molar-refractivity contribution in [1.29, 1.82) is 0 Å². The van der Waals surface area contributed by atoms with Gasteiger partial charge in [0, 0.05) is 72.1 Å². The highest BCUT2D eigenvalue weighted by Crippen LogP contribution is 2.35. The first-order valence-electron chi connectivity index (χ1n) is 23.1. The minimum absolute atomic E-state index is 0.158. The molecule has 0 amide bonds. The number of rotatable bonds is 33. The van der Waals surface area contributed by atoms with Gasteiger partial charge in [-0.2, -0.15) is 0 Å². The Morgan fingerprint density at radius 1 is 0.567 bits per heavy atom. The van der Waals surface area contributed by atoms with Crippen molar-refractivity contribution in [3.8, 4) is 0 Å². The van der Waals surface area contributed by atoms with Crippen molar-refractivity contribution in [2.75, 3.05) is 39.3 Å². The van der Waals surface area contributed by atoms with Gasteiger partial charge in [0.1, 0.15) is 0 Å². The SMILES string of the molecule is CCCC(C)(N)NC(C)(C)CC(C)(C)C(=O)C(C)(CC)NCCN(CCNC(C)C(=O)C(C)(C)CC(C)(C)NC(C)N)CCNC(C)C(=O)C(C)(C)CC(C)(C)NC(C)N. The van der Waals surface area contributed by atoms with Crippen LogP contribution < -0.4 is 49.1 Å². The highest BCUT2D eigenvalue weighted by molar-refractivity contribution is 5.92. The molecular weight excluding hydrogens is 753 g/mol. The third-order valence-electron chi connectivity index (χ3n) is 11.9. The maximum absolute atomic E-state index is 14.4. The summed E-state index contributed by atoms with van der Waals surface area (Å²) in [5.74, 6) is 0.497. The normalized spacial score (nSPS) is 17.8. The van der Waals surface area contributed by atoms with Crippen LogP contribution in [0.15, 0.2) is 0 Å². The summed E-state index contributed by atoms with van der Waals surface area (Å²) in [6.07, 6.45) is 4.05. The Labute approximate surface area is 369 Å². The van der Waals surface area contributed by atoms with Crippen LogP contribution in [-0.4, -0.2) is 114 Å². The summed E-state index contributed by atoms with van der Waals surface area (Å²) in [4.78, 5) is 44.2. The fourth-order valence-corrected chi connectivity index (χ4v) is 10.5. The van der Waals surface area contributed by atoms with Gasteiger partial charge in [0.2, 0.25) is 0 Å². The van der Waals surface area contributed by atoms with E-state index in [9.17, 15) is 14.4 Å². The number of hydrogen-bond acceptors (Lipinski definition) is 13. The summed E-state index contributed by atoms with van der Waals surface area (Å²) < 4.78 is 0. The lowest BCUT2D eigenvalue weighted by Gasteiger charge is -2.43. The monoisotopic (exact) mass is 853 g/mol. The number of Topliss-reactive ketones (excluding diaryl/α,β-unsaturated/α-hetero) is 3. The van der Waals surface area contributed by atoms with Crippen LogP contribution in [0.4, 0.5) is 0 Å². The van der Waals surface area contributed by atoms with Crippen LogP contribution in [0.2, 0.25) is 0 Å². The van der Waals surface area contributed by atoms with Crippen molar-refractivity contribution < 1.29 is 14.4 Å². The van der Waals surface area contributed by atoms with E-state index in [-0.39, 0.29) is 58.4 Å². The van der Waals surface area contributed by atoms with Crippen LogP contribution in [0.3, 0.4) is 0 Å². The van der Waals surface area contributed by atoms with Gasteiger partial charge in [-0.05, 0) is 115 Å². The highest BCUT2D eigenvalue weighted by Gasteiger charge is 2.45. The summed E-state index contributed by atoms with van der Waals surface area (Å²) in [5, 5.41) is 21.1. The molecule has 60 heavy (non-hydrogen) atoms. The minimum Gasteiger partial charge on any atom is -0.316 e. The first kappa shape index (κ1) is 58.6. The van der Waals surface area contributed by atoms with Gasteiger partial charge in [0.05, 0.1) is 35.6 Å². The highest BCUT2D eigenvalue weighted by atomic mass is 16.1. The second-order valence-electron chi connectivity index (χ2n) is 22.9. The second-order valence-corrected chi connectivity index (χ2v) is 22.9. The molecule has 13 heteroatoms. The third-order valence-corrected chi connectivity index (χ3v) is 11.9. The average molecular weight is 853 g/mol. The predicted octanol–water partition coefficient (Wildman–Crippen LogP) is 5.15. The van der Waals surface area contributed by atoms with Gasteiger partial charge in [-0.15, -0.1) is 0 Å². The first-order valence-corrected chi connectivity index (χ1v) is 23.1. The molecular formula is C47H100N10O3. The van der Waals surface area contributed by atoms with Gasteiger partial charge in [-0.25, -0.2) is 0 Å². The Balaban J connectivity index is 6.01. The van der Waals surface area contributed by atoms with Crippen molar-refractivity contribution in [3.63, 3.8) is 0 Å². The van der Waals surface area contributed by atoms with E-state index in [4.69, 9.17) is 17.2 Å². The molecule has 0 radical (unpaired) electrons. The zero-order valence-corrected chi connectivity index (χ0v) is 42.7. The number of carbonyl (C=O) groups is 3. The molecule has 12 N–H and O–H groups in total. The molecule has 0 aliphatic rings. The van der Waals surface area contributed by atoms with Crippen LogP contribution in [0, 0.1) is 16.2 Å². The number of hydrogen-bond donors (Lipinski definition) is 9. The molecule has 0 fully saturated rings. The Bertz CT molecular complexity index is 1260. The molecule has 0 heterocycles. The van der Waals surface area contributed by atoms with Gasteiger partial charge in [0.15, 0.2) is 17.3 Å². The summed E-state index contributed by atoms with van der Waals surface area (Å²) in [6.45, 7) is 44.5. The van der Waals surface area contributed by atoms with Gasteiger partial charge in [-0.3, -0.25) is 35.2 Å². The molecule has 13 nitrogen and oxygen atoms in total. The number of nitrogens with two attached hydrogens (primary N) is 3. The van der Waals surface area contributed by atoms with E-state index in [1.165, 1.54) is 0 Å². The van der Waals surface area contributed by atoms with E-state index in [2.05, 4.69) is 92.2 Å². The van der Waals surface area contributed by atoms with Crippen LogP contribution >= 0.6 is 0 Å². The lowest BCUT2D eigenvalue weighted by atomic mass is 9.70. The molecule has 0 saturated heterocycles. The molecule has 0 aromatic carbocycles. The quantitative estimate of drug-likeness (QED) is 0.0393. The van der Waals surface area contributed by atoms with E-state index in [0.717, 1.165) is 12.8 Å². The van der Waals surface area contributed by atoms with Gasteiger partial charge < -0.3 is 33.2 Å². The molecule has 356 valence electrons. The number of nitrogens with one attached hydrogen (secondary N) is 6. The van der Waals surface area contributed by atoms with Crippen LogP contribution in [0.25, 0.3) is 0 Å². The topological polar surface area (TPSA) is 205 Å². The molecule has 6 atom stereocenters. The lowest BCUT2D eigenvalue weighted by molar-refractivity contribution is -0.135. The van der Waals surface area contributed by atoms with Gasteiger partial charge >= 0.3 is 0 Å². The molecule has 6 unspecified atom stereocenters. The van der Waals surface area contributed by atoms with Gasteiger partial charge in [0.25, 0.3) is 0 Å². The van der Waals surface area contributed by atoms with E-state index in [1.807, 2.05) is 83.1 Å². The largest absolute Gasteiger partial charge is 0.316 e. The fraction of sp³-hybridized carbons (Fsp3) is 0.936. The van der Waals surface area contributed by atoms with Gasteiger partial charge in [-0.1, -0.05) is 61.8 Å². The van der Waals surface area contributed by atoms with Crippen molar-refractivity contribution in [2.24, 2.45) is 33.4 Å². The molecule has 0 aliphatic carbocycles. The summed E-state index contributed by atoms with van der Waals surface area (Å²) in [6, 6.07) is -0.683. The van der Waals surface area contributed by atoms with Crippen LogP contribution in [-0.2, 0) is 14.4 Å². The fourth-order valence-electron chi connectivity index (χ4n) is 10.5. The smallest absolute Gasteiger partial charge is 0.158 e. The number of carbonyl (C=O) groups excluding carboxylic acids is 3. The number of ketones is 3. The van der Waals surface area contributed by atoms with Crippen molar-refractivity contribution in [2.45, 2.75) is 229 Å². The van der Waals surface area contributed by atoms with E-state index in [1.54, 1.807) is 0 Å². The maximum Gasteiger partial charge on any atom is 0.158 e. The summed E-state index contributed by atoms with van der Waals surface area (Å²) in [5.41, 5.74) is 14.7. The zero-order valence-electron chi connectivity index (χ0n) is 42.7. The molecule has 0 bridgehead atoms. The lowest BCUT2D eigenvalue weighted by Crippen LogP contribution is -2.62. The van der Waals surface area contributed by atoms with Crippen molar-refractivity contribution in [1.82, 2.24) is 36.8 Å². The summed E-state index contributed by atoms with van der Waals surface area (Å²) in [7, 11) is 0. The number of nitrogens with zero attached hydrogens (tertiary/aromatic N) is 1. The standard InChI is InChI=1S/C47H100N10O3/c1-21-23-47(20,50)56-45(17,18)32-42(11,12)39(60)46(19,22-2)53-26-29-57(27-24-51-33(3)37(58)40(7,8)30-43(13,14)54-35(5)48)28-25-52-34(4)38(59)41(9,10)31-44(15,16)55-36(6)49/h33-36,51-56H,21-32,48-50H2,1-20H3. The minimum atomic E-state index is -0.731. The molecule has 0 spiro atoms. The molecule has 0 rings (SSSR count). The predicted molar refractivity (Wildman–Crippen MR) is 255 cm³/mol. The Morgan fingerprint density at radius 2 is 0.933 bits per heavy atom. The Morgan fingerprint density at radius 3 is 1.28 bits per heavy atom. The van der Waals surface area contributed by atoms with E-state index in [0.29, 0.717) is 65.0 Å². The third kappa shape index (κ3) is 21.3. The van der Waals surface area contributed by atoms with Crippen LogP contribution in [0.1, 0.15) is 177 Å². The first-order chi connectivity index (χ1) is 26.9. The zero-order chi connectivity index (χ0) is 47.3. The van der Waals surface area contributed by atoms with E-state index < -0.39 is 27.4 Å².